The number of aromatic carboxylic acids is 1. The lowest BCUT2D eigenvalue weighted by Gasteiger charge is -1.99. The molecule has 0 atom stereocenters. The Morgan fingerprint density at radius 3 is 1.93 bits per heavy atom. The first-order chi connectivity index (χ1) is 6.52. The van der Waals surface area contributed by atoms with E-state index in [9.17, 15) is 9.59 Å². The van der Waals surface area contributed by atoms with Crippen molar-refractivity contribution in [3.63, 3.8) is 0 Å². The maximum atomic E-state index is 11.4. The van der Waals surface area contributed by atoms with Gasteiger partial charge in [-0.05, 0) is 24.6 Å². The topological polar surface area (TPSA) is 54.4 Å². The van der Waals surface area contributed by atoms with Crippen molar-refractivity contribution in [2.75, 3.05) is 0 Å². The number of hydrogen-bond acceptors (Lipinski definition) is 2. The number of rotatable bonds is 3. The maximum Gasteiger partial charge on any atom is 0.335 e. The van der Waals surface area contributed by atoms with Gasteiger partial charge in [-0.1, -0.05) is 18.7 Å². The van der Waals surface area contributed by atoms with Gasteiger partial charge in [-0.3, -0.25) is 4.79 Å². The van der Waals surface area contributed by atoms with Crippen molar-refractivity contribution in [2.45, 2.75) is 6.92 Å². The highest BCUT2D eigenvalue weighted by Gasteiger charge is 2.07. The van der Waals surface area contributed by atoms with Crippen LogP contribution in [0, 0.1) is 0 Å². The molecule has 0 unspecified atom stereocenters. The van der Waals surface area contributed by atoms with Gasteiger partial charge in [-0.2, -0.15) is 0 Å². The molecule has 0 spiro atoms. The fraction of sp³-hybridized carbons (Fsp3) is 0.0909. The van der Waals surface area contributed by atoms with Gasteiger partial charge in [0.15, 0.2) is 5.78 Å². The number of carboxylic acid groups (broad SMARTS) is 1. The molecule has 1 rings (SSSR count). The molecule has 0 aliphatic carbocycles. The Kier molecular flexibility index (Phi) is 2.82. The lowest BCUT2D eigenvalue weighted by molar-refractivity contribution is 0.0696. The minimum absolute atomic E-state index is 0.165. The van der Waals surface area contributed by atoms with Crippen LogP contribution < -0.4 is 0 Å². The first kappa shape index (κ1) is 10.2. The number of carbonyl (C=O) groups excluding carboxylic acids is 1. The Labute approximate surface area is 81.7 Å². The smallest absolute Gasteiger partial charge is 0.335 e. The van der Waals surface area contributed by atoms with Gasteiger partial charge in [-0.25, -0.2) is 4.79 Å². The quantitative estimate of drug-likeness (QED) is 0.586. The van der Waals surface area contributed by atoms with Crippen molar-refractivity contribution in [1.29, 1.82) is 0 Å². The minimum Gasteiger partial charge on any atom is -0.478 e. The van der Waals surface area contributed by atoms with Gasteiger partial charge in [0, 0.05) is 5.56 Å². The van der Waals surface area contributed by atoms with Crippen LogP contribution in [0.3, 0.4) is 0 Å². The van der Waals surface area contributed by atoms with Gasteiger partial charge >= 0.3 is 5.97 Å². The molecule has 3 heteroatoms. The van der Waals surface area contributed by atoms with Crippen LogP contribution in [0.4, 0.5) is 0 Å². The molecule has 0 bridgehead atoms. The average Bonchev–Trinajstić information content (AvgIpc) is 2.16. The third kappa shape index (κ3) is 2.07. The number of allylic oxidation sites excluding steroid dienone is 1. The summed E-state index contributed by atoms with van der Waals surface area (Å²) in [5, 5.41) is 8.62. The van der Waals surface area contributed by atoms with E-state index in [0.29, 0.717) is 11.1 Å². The molecular formula is C11H10O3. The van der Waals surface area contributed by atoms with Crippen LogP contribution in [0.15, 0.2) is 36.4 Å². The first-order valence-corrected chi connectivity index (χ1v) is 4.06. The predicted octanol–water partition coefficient (Wildman–Crippen LogP) is 2.14. The zero-order chi connectivity index (χ0) is 10.7. The van der Waals surface area contributed by atoms with E-state index < -0.39 is 5.97 Å². The zero-order valence-corrected chi connectivity index (χ0v) is 7.78. The lowest BCUT2D eigenvalue weighted by Crippen LogP contribution is -2.01. The molecule has 14 heavy (non-hydrogen) atoms. The number of hydrogen-bond donors (Lipinski definition) is 1. The molecular weight excluding hydrogens is 180 g/mol. The summed E-state index contributed by atoms with van der Waals surface area (Å²) >= 11 is 0. The molecule has 0 amide bonds. The van der Waals surface area contributed by atoms with Crippen molar-refractivity contribution in [1.82, 2.24) is 0 Å². The number of carboxylic acids is 1. The van der Waals surface area contributed by atoms with Crippen LogP contribution in [0.5, 0.6) is 0 Å². The van der Waals surface area contributed by atoms with Crippen LogP contribution in [-0.4, -0.2) is 16.9 Å². The molecule has 0 heterocycles. The SMILES string of the molecule is C=C(C)C(=O)c1ccc(C(=O)O)cc1. The molecule has 0 aromatic heterocycles. The molecule has 0 fully saturated rings. The highest BCUT2D eigenvalue weighted by atomic mass is 16.4. The Bertz CT molecular complexity index is 387. The van der Waals surface area contributed by atoms with E-state index in [1.807, 2.05) is 0 Å². The summed E-state index contributed by atoms with van der Waals surface area (Å²) in [5.74, 6) is -1.17. The highest BCUT2D eigenvalue weighted by molar-refractivity contribution is 6.08. The normalized spacial score (nSPS) is 9.50. The number of ketones is 1. The van der Waals surface area contributed by atoms with E-state index in [4.69, 9.17) is 5.11 Å². The van der Waals surface area contributed by atoms with Crippen molar-refractivity contribution >= 4 is 11.8 Å². The maximum absolute atomic E-state index is 11.4. The van der Waals surface area contributed by atoms with Gasteiger partial charge in [0.25, 0.3) is 0 Å². The standard InChI is InChI=1S/C11H10O3/c1-7(2)10(12)8-3-5-9(6-4-8)11(13)14/h3-6H,1H2,2H3,(H,13,14). The second-order valence-electron chi connectivity index (χ2n) is 2.99. The lowest BCUT2D eigenvalue weighted by atomic mass is 10.0. The van der Waals surface area contributed by atoms with Crippen molar-refractivity contribution in [3.05, 3.63) is 47.5 Å². The van der Waals surface area contributed by atoms with Gasteiger partial charge in [0.05, 0.1) is 5.56 Å². The van der Waals surface area contributed by atoms with Gasteiger partial charge in [0.2, 0.25) is 0 Å². The Morgan fingerprint density at radius 1 is 1.14 bits per heavy atom. The predicted molar refractivity (Wildman–Crippen MR) is 52.5 cm³/mol. The number of carbonyl (C=O) groups is 2. The third-order valence-electron chi connectivity index (χ3n) is 1.78. The minimum atomic E-state index is -1.00. The highest BCUT2D eigenvalue weighted by Crippen LogP contribution is 2.08. The summed E-state index contributed by atoms with van der Waals surface area (Å²) in [7, 11) is 0. The molecule has 0 aliphatic rings. The molecule has 1 aromatic carbocycles. The molecule has 1 N–H and O–H groups in total. The second kappa shape index (κ2) is 3.87. The summed E-state index contributed by atoms with van der Waals surface area (Å²) in [6.45, 7) is 5.14. The van der Waals surface area contributed by atoms with Crippen LogP contribution >= 0.6 is 0 Å². The average molecular weight is 190 g/mol. The Morgan fingerprint density at radius 2 is 1.57 bits per heavy atom. The van der Waals surface area contributed by atoms with Crippen molar-refractivity contribution in [2.24, 2.45) is 0 Å². The number of Topliss-reactive ketones (excluding diaryl/α,β-unsaturated/α-hetero) is 1. The molecule has 3 nitrogen and oxygen atoms in total. The first-order valence-electron chi connectivity index (χ1n) is 4.06. The van der Waals surface area contributed by atoms with E-state index in [1.54, 1.807) is 6.92 Å². The summed E-state index contributed by atoms with van der Waals surface area (Å²) in [6.07, 6.45) is 0. The summed E-state index contributed by atoms with van der Waals surface area (Å²) in [5.41, 5.74) is 1.07. The molecule has 0 saturated heterocycles. The van der Waals surface area contributed by atoms with E-state index in [1.165, 1.54) is 24.3 Å². The van der Waals surface area contributed by atoms with Crippen molar-refractivity contribution in [3.8, 4) is 0 Å². The van der Waals surface area contributed by atoms with E-state index in [0.717, 1.165) is 0 Å². The van der Waals surface area contributed by atoms with E-state index in [-0.39, 0.29) is 11.3 Å². The van der Waals surface area contributed by atoms with Crippen LogP contribution in [0.1, 0.15) is 27.6 Å². The Balaban J connectivity index is 3.00. The molecule has 0 saturated carbocycles. The molecule has 72 valence electrons. The summed E-state index contributed by atoms with van der Waals surface area (Å²) in [4.78, 5) is 21.9. The second-order valence-corrected chi connectivity index (χ2v) is 2.99. The zero-order valence-electron chi connectivity index (χ0n) is 7.78. The van der Waals surface area contributed by atoms with Crippen LogP contribution in [-0.2, 0) is 0 Å². The summed E-state index contributed by atoms with van der Waals surface area (Å²) in [6, 6.07) is 5.78. The van der Waals surface area contributed by atoms with Gasteiger partial charge in [-0.15, -0.1) is 0 Å². The van der Waals surface area contributed by atoms with E-state index >= 15 is 0 Å². The monoisotopic (exact) mass is 190 g/mol. The largest absolute Gasteiger partial charge is 0.478 e. The molecule has 0 aliphatic heterocycles. The number of benzene rings is 1. The van der Waals surface area contributed by atoms with Crippen LogP contribution in [0.2, 0.25) is 0 Å². The molecule has 1 aromatic rings. The van der Waals surface area contributed by atoms with Gasteiger partial charge in [0.1, 0.15) is 0 Å². The van der Waals surface area contributed by atoms with Crippen molar-refractivity contribution < 1.29 is 14.7 Å². The van der Waals surface area contributed by atoms with Crippen LogP contribution in [0.25, 0.3) is 0 Å². The van der Waals surface area contributed by atoms with E-state index in [2.05, 4.69) is 6.58 Å². The Hall–Kier alpha value is -1.90. The fourth-order valence-corrected chi connectivity index (χ4v) is 1.01. The molecule has 0 radical (unpaired) electrons. The summed E-state index contributed by atoms with van der Waals surface area (Å²) < 4.78 is 0. The van der Waals surface area contributed by atoms with Gasteiger partial charge < -0.3 is 5.11 Å². The fourth-order valence-electron chi connectivity index (χ4n) is 1.01. The third-order valence-corrected chi connectivity index (χ3v) is 1.78.